The van der Waals surface area contributed by atoms with Crippen LogP contribution in [0.5, 0.6) is 0 Å². The minimum absolute atomic E-state index is 0.0672. The van der Waals surface area contributed by atoms with E-state index in [-0.39, 0.29) is 11.5 Å². The van der Waals surface area contributed by atoms with Gasteiger partial charge in [-0.15, -0.1) is 5.10 Å². The molecule has 1 amide bonds. The highest BCUT2D eigenvalue weighted by molar-refractivity contribution is 6.31. The summed E-state index contributed by atoms with van der Waals surface area (Å²) in [6, 6.07) is 11.1. The average molecular weight is 356 g/mol. The second-order valence-electron chi connectivity index (χ2n) is 5.92. The van der Waals surface area contributed by atoms with Crippen LogP contribution >= 0.6 is 11.6 Å². The molecule has 3 N–H and O–H groups in total. The molecule has 0 atom stereocenters. The zero-order chi connectivity index (χ0) is 18.1. The number of aryl methyl sites for hydroxylation is 3. The summed E-state index contributed by atoms with van der Waals surface area (Å²) in [6.45, 7) is 5.90. The third-order valence-electron chi connectivity index (χ3n) is 4.10. The Morgan fingerprint density at radius 1 is 1.08 bits per heavy atom. The molecular weight excluding hydrogens is 338 g/mol. The van der Waals surface area contributed by atoms with Gasteiger partial charge in [-0.1, -0.05) is 28.9 Å². The SMILES string of the molecule is Cc1ccc(-n2nnc(C(=O)Nc3cc(Cl)ccc3C)c2N)cc1C. The van der Waals surface area contributed by atoms with Crippen LogP contribution in [0.1, 0.15) is 27.2 Å². The Hall–Kier alpha value is -2.86. The van der Waals surface area contributed by atoms with Crippen LogP contribution in [0.25, 0.3) is 5.69 Å². The molecule has 0 aliphatic heterocycles. The number of amides is 1. The smallest absolute Gasteiger partial charge is 0.280 e. The number of carbonyl (C=O) groups is 1. The Morgan fingerprint density at radius 3 is 2.52 bits per heavy atom. The number of nitrogen functional groups attached to an aromatic ring is 1. The predicted molar refractivity (Wildman–Crippen MR) is 99.4 cm³/mol. The van der Waals surface area contributed by atoms with Crippen molar-refractivity contribution in [3.8, 4) is 5.69 Å². The highest BCUT2D eigenvalue weighted by Crippen LogP contribution is 2.22. The van der Waals surface area contributed by atoms with Gasteiger partial charge in [-0.25, -0.2) is 0 Å². The third-order valence-corrected chi connectivity index (χ3v) is 4.34. The van der Waals surface area contributed by atoms with E-state index in [0.717, 1.165) is 22.4 Å². The lowest BCUT2D eigenvalue weighted by molar-refractivity contribution is 0.102. The van der Waals surface area contributed by atoms with E-state index in [9.17, 15) is 4.79 Å². The molecule has 0 fully saturated rings. The Kier molecular flexibility index (Phi) is 4.46. The van der Waals surface area contributed by atoms with E-state index in [1.807, 2.05) is 45.0 Å². The number of carbonyl (C=O) groups excluding carboxylic acids is 1. The zero-order valence-electron chi connectivity index (χ0n) is 14.2. The number of rotatable bonds is 3. The number of hydrogen-bond donors (Lipinski definition) is 2. The van der Waals surface area contributed by atoms with Crippen LogP contribution in [0, 0.1) is 20.8 Å². The van der Waals surface area contributed by atoms with Gasteiger partial charge in [0.15, 0.2) is 11.5 Å². The van der Waals surface area contributed by atoms with Gasteiger partial charge in [-0.2, -0.15) is 4.68 Å². The van der Waals surface area contributed by atoms with Crippen molar-refractivity contribution in [2.75, 3.05) is 11.1 Å². The number of nitrogens with zero attached hydrogens (tertiary/aromatic N) is 3. The Balaban J connectivity index is 1.91. The van der Waals surface area contributed by atoms with E-state index in [4.69, 9.17) is 17.3 Å². The molecule has 0 spiro atoms. The molecule has 128 valence electrons. The molecule has 0 unspecified atom stereocenters. The van der Waals surface area contributed by atoms with Crippen LogP contribution in [0.2, 0.25) is 5.02 Å². The lowest BCUT2D eigenvalue weighted by Gasteiger charge is -2.08. The summed E-state index contributed by atoms with van der Waals surface area (Å²) in [7, 11) is 0. The number of hydrogen-bond acceptors (Lipinski definition) is 4. The predicted octanol–water partition coefficient (Wildman–Crippen LogP) is 3.68. The first-order valence-electron chi connectivity index (χ1n) is 7.73. The van der Waals surface area contributed by atoms with Gasteiger partial charge in [0.1, 0.15) is 0 Å². The van der Waals surface area contributed by atoms with Crippen LogP contribution in [0.15, 0.2) is 36.4 Å². The van der Waals surface area contributed by atoms with Gasteiger partial charge in [0, 0.05) is 10.7 Å². The number of benzene rings is 2. The highest BCUT2D eigenvalue weighted by atomic mass is 35.5. The first kappa shape index (κ1) is 17.0. The molecule has 3 aromatic rings. The number of anilines is 2. The molecule has 3 rings (SSSR count). The number of nitrogens with one attached hydrogen (secondary N) is 1. The van der Waals surface area contributed by atoms with Gasteiger partial charge in [-0.05, 0) is 61.7 Å². The fourth-order valence-corrected chi connectivity index (χ4v) is 2.58. The quantitative estimate of drug-likeness (QED) is 0.750. The number of halogens is 1. The minimum Gasteiger partial charge on any atom is -0.382 e. The Morgan fingerprint density at radius 2 is 1.80 bits per heavy atom. The first-order chi connectivity index (χ1) is 11.9. The second-order valence-corrected chi connectivity index (χ2v) is 6.35. The van der Waals surface area contributed by atoms with Crippen molar-refractivity contribution in [1.29, 1.82) is 0 Å². The van der Waals surface area contributed by atoms with Crippen LogP contribution in [0.4, 0.5) is 11.5 Å². The topological polar surface area (TPSA) is 85.8 Å². The van der Waals surface area contributed by atoms with E-state index in [1.54, 1.807) is 12.1 Å². The molecule has 2 aromatic carbocycles. The highest BCUT2D eigenvalue weighted by Gasteiger charge is 2.19. The van der Waals surface area contributed by atoms with E-state index in [1.165, 1.54) is 4.68 Å². The molecule has 0 saturated heterocycles. The van der Waals surface area contributed by atoms with Gasteiger partial charge in [0.25, 0.3) is 5.91 Å². The van der Waals surface area contributed by atoms with Crippen LogP contribution in [0.3, 0.4) is 0 Å². The van der Waals surface area contributed by atoms with Gasteiger partial charge < -0.3 is 11.1 Å². The maximum absolute atomic E-state index is 12.5. The summed E-state index contributed by atoms with van der Waals surface area (Å²) in [5, 5.41) is 11.3. The lowest BCUT2D eigenvalue weighted by Crippen LogP contribution is -2.15. The molecule has 6 nitrogen and oxygen atoms in total. The maximum Gasteiger partial charge on any atom is 0.280 e. The van der Waals surface area contributed by atoms with Gasteiger partial charge in [0.2, 0.25) is 0 Å². The number of aromatic nitrogens is 3. The molecule has 0 aliphatic rings. The summed E-state index contributed by atoms with van der Waals surface area (Å²) < 4.78 is 1.45. The zero-order valence-corrected chi connectivity index (χ0v) is 14.9. The van der Waals surface area contributed by atoms with Crippen molar-refractivity contribution in [2.45, 2.75) is 20.8 Å². The van der Waals surface area contributed by atoms with Gasteiger partial charge >= 0.3 is 0 Å². The average Bonchev–Trinajstić information content (AvgIpc) is 2.95. The normalized spacial score (nSPS) is 10.7. The van der Waals surface area contributed by atoms with Gasteiger partial charge in [0.05, 0.1) is 5.69 Å². The molecule has 1 heterocycles. The molecule has 1 aromatic heterocycles. The van der Waals surface area contributed by atoms with Crippen molar-refractivity contribution in [1.82, 2.24) is 15.0 Å². The van der Waals surface area contributed by atoms with Crippen molar-refractivity contribution in [3.63, 3.8) is 0 Å². The molecular formula is C18H18ClN5O. The third kappa shape index (κ3) is 3.34. The van der Waals surface area contributed by atoms with Crippen molar-refractivity contribution in [2.24, 2.45) is 0 Å². The molecule has 25 heavy (non-hydrogen) atoms. The maximum atomic E-state index is 12.5. The molecule has 0 radical (unpaired) electrons. The molecule has 0 bridgehead atoms. The van der Waals surface area contributed by atoms with Crippen molar-refractivity contribution < 1.29 is 4.79 Å². The number of nitrogens with two attached hydrogens (primary N) is 1. The lowest BCUT2D eigenvalue weighted by atomic mass is 10.1. The minimum atomic E-state index is -0.432. The van der Waals surface area contributed by atoms with Gasteiger partial charge in [-0.3, -0.25) is 4.79 Å². The van der Waals surface area contributed by atoms with Crippen LogP contribution in [-0.2, 0) is 0 Å². The van der Waals surface area contributed by atoms with Crippen molar-refractivity contribution >= 4 is 29.0 Å². The molecule has 0 saturated carbocycles. The van der Waals surface area contributed by atoms with Crippen LogP contribution in [-0.4, -0.2) is 20.9 Å². The fourth-order valence-electron chi connectivity index (χ4n) is 2.41. The Labute approximate surface area is 150 Å². The molecule has 7 heteroatoms. The van der Waals surface area contributed by atoms with E-state index < -0.39 is 5.91 Å². The summed E-state index contributed by atoms with van der Waals surface area (Å²) >= 11 is 5.98. The Bertz CT molecular complexity index is 964. The summed E-state index contributed by atoms with van der Waals surface area (Å²) in [6.07, 6.45) is 0. The van der Waals surface area contributed by atoms with E-state index in [2.05, 4.69) is 15.6 Å². The summed E-state index contributed by atoms with van der Waals surface area (Å²) in [5.41, 5.74) is 10.7. The standard InChI is InChI=1S/C18H18ClN5O/c1-10-5-7-14(8-12(10)3)24-17(20)16(22-23-24)18(25)21-15-9-13(19)6-4-11(15)2/h4-9H,20H2,1-3H3,(H,21,25). The van der Waals surface area contributed by atoms with E-state index in [0.29, 0.717) is 10.7 Å². The summed E-state index contributed by atoms with van der Waals surface area (Å²) in [5.74, 6) is -0.251. The largest absolute Gasteiger partial charge is 0.382 e. The summed E-state index contributed by atoms with van der Waals surface area (Å²) in [4.78, 5) is 12.5. The molecule has 0 aliphatic carbocycles. The monoisotopic (exact) mass is 355 g/mol. The van der Waals surface area contributed by atoms with E-state index >= 15 is 0 Å². The second kappa shape index (κ2) is 6.57. The van der Waals surface area contributed by atoms with Crippen molar-refractivity contribution in [3.05, 3.63) is 63.8 Å². The van der Waals surface area contributed by atoms with Crippen LogP contribution < -0.4 is 11.1 Å². The fraction of sp³-hybridized carbons (Fsp3) is 0.167. The first-order valence-corrected chi connectivity index (χ1v) is 8.11.